The molecule has 0 saturated carbocycles. The summed E-state index contributed by atoms with van der Waals surface area (Å²) in [5, 5.41) is 13.8. The van der Waals surface area contributed by atoms with Crippen LogP contribution < -0.4 is 15.4 Å². The van der Waals surface area contributed by atoms with Gasteiger partial charge in [-0.3, -0.25) is 14.9 Å². The summed E-state index contributed by atoms with van der Waals surface area (Å²) in [7, 11) is 0. The lowest BCUT2D eigenvalue weighted by atomic mass is 10.2. The maximum atomic E-state index is 12.1. The van der Waals surface area contributed by atoms with Gasteiger partial charge in [0.15, 0.2) is 4.34 Å². The standard InChI is InChI=1S/C21H20N4O3S2/c1-2-28-17-11-9-16(10-12-17)22-19(27)14-29-21-25-24-20(30-21)23-18(26)13-8-15-6-4-3-5-7-15/h3-13H,2,14H2,1H3,(H,22,27)(H,23,24,26)/b13-8+. The molecule has 7 nitrogen and oxygen atoms in total. The van der Waals surface area contributed by atoms with Gasteiger partial charge in [0.25, 0.3) is 0 Å². The van der Waals surface area contributed by atoms with Gasteiger partial charge in [-0.1, -0.05) is 53.4 Å². The van der Waals surface area contributed by atoms with Crippen molar-refractivity contribution in [1.82, 2.24) is 10.2 Å². The molecule has 0 aliphatic carbocycles. The van der Waals surface area contributed by atoms with E-state index in [2.05, 4.69) is 20.8 Å². The lowest BCUT2D eigenvalue weighted by molar-refractivity contribution is -0.114. The van der Waals surface area contributed by atoms with Crippen LogP contribution in [-0.4, -0.2) is 34.4 Å². The summed E-state index contributed by atoms with van der Waals surface area (Å²) in [6, 6.07) is 16.7. The van der Waals surface area contributed by atoms with Crippen molar-refractivity contribution in [2.45, 2.75) is 11.3 Å². The zero-order valence-corrected chi connectivity index (χ0v) is 17.8. The largest absolute Gasteiger partial charge is 0.494 e. The van der Waals surface area contributed by atoms with E-state index >= 15 is 0 Å². The first kappa shape index (κ1) is 21.5. The van der Waals surface area contributed by atoms with Gasteiger partial charge in [0.1, 0.15) is 5.75 Å². The molecule has 0 unspecified atom stereocenters. The molecule has 2 N–H and O–H groups in total. The van der Waals surface area contributed by atoms with E-state index in [4.69, 9.17) is 4.74 Å². The smallest absolute Gasteiger partial charge is 0.250 e. The number of amides is 2. The Labute approximate surface area is 182 Å². The highest BCUT2D eigenvalue weighted by Gasteiger charge is 2.10. The van der Waals surface area contributed by atoms with Gasteiger partial charge >= 0.3 is 0 Å². The summed E-state index contributed by atoms with van der Waals surface area (Å²) in [5.74, 6) is 0.492. The van der Waals surface area contributed by atoms with Gasteiger partial charge in [0.05, 0.1) is 12.4 Å². The number of hydrogen-bond donors (Lipinski definition) is 2. The van der Waals surface area contributed by atoms with Crippen molar-refractivity contribution in [3.05, 3.63) is 66.2 Å². The van der Waals surface area contributed by atoms with Crippen molar-refractivity contribution in [2.75, 3.05) is 23.0 Å². The molecular weight excluding hydrogens is 420 g/mol. The molecule has 0 spiro atoms. The Balaban J connectivity index is 1.44. The van der Waals surface area contributed by atoms with Crippen LogP contribution in [0.15, 0.2) is 65.0 Å². The van der Waals surface area contributed by atoms with E-state index in [0.717, 1.165) is 11.3 Å². The van der Waals surface area contributed by atoms with Crippen LogP contribution in [-0.2, 0) is 9.59 Å². The lowest BCUT2D eigenvalue weighted by Crippen LogP contribution is -2.13. The van der Waals surface area contributed by atoms with Crippen LogP contribution >= 0.6 is 23.1 Å². The molecule has 3 rings (SSSR count). The highest BCUT2D eigenvalue weighted by atomic mass is 32.2. The summed E-state index contributed by atoms with van der Waals surface area (Å²) < 4.78 is 5.97. The van der Waals surface area contributed by atoms with Gasteiger partial charge in [-0.05, 0) is 42.8 Å². The normalized spacial score (nSPS) is 10.7. The number of anilines is 2. The number of nitrogens with one attached hydrogen (secondary N) is 2. The van der Waals surface area contributed by atoms with Crippen LogP contribution in [0.2, 0.25) is 0 Å². The number of nitrogens with zero attached hydrogens (tertiary/aromatic N) is 2. The third-order valence-electron chi connectivity index (χ3n) is 3.64. The van der Waals surface area contributed by atoms with E-state index in [0.29, 0.717) is 21.8 Å². The highest BCUT2D eigenvalue weighted by Crippen LogP contribution is 2.25. The number of carbonyl (C=O) groups excluding carboxylic acids is 2. The third kappa shape index (κ3) is 7.02. The molecule has 1 heterocycles. The lowest BCUT2D eigenvalue weighted by Gasteiger charge is -2.06. The second-order valence-electron chi connectivity index (χ2n) is 5.90. The predicted octanol–water partition coefficient (Wildman–Crippen LogP) is 4.32. The fourth-order valence-electron chi connectivity index (χ4n) is 2.33. The molecule has 0 aliphatic rings. The maximum Gasteiger partial charge on any atom is 0.250 e. The molecule has 2 amide bonds. The fraction of sp³-hybridized carbons (Fsp3) is 0.143. The zero-order chi connectivity index (χ0) is 21.2. The first-order valence-electron chi connectivity index (χ1n) is 9.15. The van der Waals surface area contributed by atoms with E-state index < -0.39 is 0 Å². The molecule has 30 heavy (non-hydrogen) atoms. The number of rotatable bonds is 9. The van der Waals surface area contributed by atoms with Gasteiger partial charge in [0, 0.05) is 11.8 Å². The van der Waals surface area contributed by atoms with Crippen molar-refractivity contribution in [2.24, 2.45) is 0 Å². The fourth-order valence-corrected chi connectivity index (χ4v) is 3.88. The average Bonchev–Trinajstić information content (AvgIpc) is 3.20. The predicted molar refractivity (Wildman–Crippen MR) is 121 cm³/mol. The van der Waals surface area contributed by atoms with Gasteiger partial charge in [-0.15, -0.1) is 10.2 Å². The number of aromatic nitrogens is 2. The van der Waals surface area contributed by atoms with Crippen molar-refractivity contribution >= 4 is 51.8 Å². The van der Waals surface area contributed by atoms with Crippen LogP contribution in [0, 0.1) is 0 Å². The van der Waals surface area contributed by atoms with Gasteiger partial charge in [-0.2, -0.15) is 0 Å². The number of carbonyl (C=O) groups is 2. The molecule has 0 radical (unpaired) electrons. The Kier molecular flexibility index (Phi) is 7.99. The van der Waals surface area contributed by atoms with Gasteiger partial charge < -0.3 is 10.1 Å². The van der Waals surface area contributed by atoms with E-state index in [1.54, 1.807) is 30.3 Å². The van der Waals surface area contributed by atoms with Crippen LogP contribution in [0.4, 0.5) is 10.8 Å². The summed E-state index contributed by atoms with van der Waals surface area (Å²) >= 11 is 2.47. The maximum absolute atomic E-state index is 12.1. The molecule has 9 heteroatoms. The Hall–Kier alpha value is -3.17. The molecule has 0 aliphatic heterocycles. The molecule has 1 aromatic heterocycles. The Bertz CT molecular complexity index is 1000. The molecule has 3 aromatic rings. The van der Waals surface area contributed by atoms with E-state index in [1.165, 1.54) is 29.2 Å². The molecule has 154 valence electrons. The van der Waals surface area contributed by atoms with Crippen molar-refractivity contribution in [3.63, 3.8) is 0 Å². The molecule has 2 aromatic carbocycles. The second kappa shape index (κ2) is 11.1. The number of benzene rings is 2. The molecular formula is C21H20N4O3S2. The van der Waals surface area contributed by atoms with Crippen molar-refractivity contribution in [1.29, 1.82) is 0 Å². The highest BCUT2D eigenvalue weighted by molar-refractivity contribution is 8.01. The SMILES string of the molecule is CCOc1ccc(NC(=O)CSc2nnc(NC(=O)/C=C/c3ccccc3)s2)cc1. The van der Waals surface area contributed by atoms with Crippen LogP contribution in [0.1, 0.15) is 12.5 Å². The topological polar surface area (TPSA) is 93.2 Å². The van der Waals surface area contributed by atoms with E-state index in [-0.39, 0.29) is 17.6 Å². The number of hydrogen-bond acceptors (Lipinski definition) is 7. The first-order chi connectivity index (χ1) is 14.6. The Morgan fingerprint density at radius 1 is 1.07 bits per heavy atom. The summed E-state index contributed by atoms with van der Waals surface area (Å²) in [5.41, 5.74) is 1.62. The van der Waals surface area contributed by atoms with Crippen molar-refractivity contribution < 1.29 is 14.3 Å². The zero-order valence-electron chi connectivity index (χ0n) is 16.2. The minimum absolute atomic E-state index is 0.157. The summed E-state index contributed by atoms with van der Waals surface area (Å²) in [6.45, 7) is 2.51. The monoisotopic (exact) mass is 440 g/mol. The molecule has 0 atom stereocenters. The summed E-state index contributed by atoms with van der Waals surface area (Å²) in [4.78, 5) is 24.1. The quantitative estimate of drug-likeness (QED) is 0.292. The van der Waals surface area contributed by atoms with Crippen LogP contribution in [0.25, 0.3) is 6.08 Å². The summed E-state index contributed by atoms with van der Waals surface area (Å²) in [6.07, 6.45) is 3.16. The molecule has 0 bridgehead atoms. The second-order valence-corrected chi connectivity index (χ2v) is 8.10. The number of ether oxygens (including phenoxy) is 1. The minimum Gasteiger partial charge on any atom is -0.494 e. The van der Waals surface area contributed by atoms with Crippen LogP contribution in [0.5, 0.6) is 5.75 Å². The third-order valence-corrected chi connectivity index (χ3v) is 5.61. The first-order valence-corrected chi connectivity index (χ1v) is 11.0. The average molecular weight is 441 g/mol. The minimum atomic E-state index is -0.292. The van der Waals surface area contributed by atoms with Crippen molar-refractivity contribution in [3.8, 4) is 5.75 Å². The molecule has 0 saturated heterocycles. The Morgan fingerprint density at radius 2 is 1.83 bits per heavy atom. The van der Waals surface area contributed by atoms with Gasteiger partial charge in [-0.25, -0.2) is 0 Å². The van der Waals surface area contributed by atoms with E-state index in [9.17, 15) is 9.59 Å². The van der Waals surface area contributed by atoms with E-state index in [1.807, 2.05) is 37.3 Å². The van der Waals surface area contributed by atoms with Crippen LogP contribution in [0.3, 0.4) is 0 Å². The number of thioether (sulfide) groups is 1. The Morgan fingerprint density at radius 3 is 2.57 bits per heavy atom. The van der Waals surface area contributed by atoms with Gasteiger partial charge in [0.2, 0.25) is 16.9 Å². The molecule has 0 fully saturated rings.